The third-order valence-corrected chi connectivity index (χ3v) is 4.03. The second kappa shape index (κ2) is 7.20. The molecule has 1 amide bonds. The van der Waals surface area contributed by atoms with E-state index in [9.17, 15) is 4.79 Å². The van der Waals surface area contributed by atoms with Crippen LogP contribution in [0.15, 0.2) is 76.3 Å². The zero-order valence-electron chi connectivity index (χ0n) is 12.4. The Balaban J connectivity index is 1.66. The van der Waals surface area contributed by atoms with Gasteiger partial charge in [-0.3, -0.25) is 4.79 Å². The maximum atomic E-state index is 12.1. The van der Waals surface area contributed by atoms with E-state index < -0.39 is 0 Å². The van der Waals surface area contributed by atoms with Crippen LogP contribution >= 0.6 is 15.9 Å². The lowest BCUT2D eigenvalue weighted by Crippen LogP contribution is -2.19. The van der Waals surface area contributed by atoms with E-state index in [1.807, 2.05) is 66.7 Å². The molecule has 0 bridgehead atoms. The number of fused-ring (bicyclic) bond motifs is 1. The first kappa shape index (κ1) is 15.4. The number of nitrogens with zero attached hydrogens (tertiary/aromatic N) is 1. The summed E-state index contributed by atoms with van der Waals surface area (Å²) in [7, 11) is 0. The van der Waals surface area contributed by atoms with Crippen molar-refractivity contribution < 1.29 is 4.79 Å². The molecule has 0 heterocycles. The number of hydrogen-bond acceptors (Lipinski definition) is 2. The minimum absolute atomic E-state index is 0.130. The molecule has 3 rings (SSSR count). The van der Waals surface area contributed by atoms with E-state index in [1.165, 1.54) is 0 Å². The Morgan fingerprint density at radius 1 is 1.00 bits per heavy atom. The number of nitrogens with one attached hydrogen (secondary N) is 1. The Morgan fingerprint density at radius 3 is 2.57 bits per heavy atom. The quantitative estimate of drug-likeness (QED) is 0.542. The van der Waals surface area contributed by atoms with Crippen molar-refractivity contribution in [2.75, 3.05) is 0 Å². The average Bonchev–Trinajstić information content (AvgIpc) is 2.57. The number of amides is 1. The summed E-state index contributed by atoms with van der Waals surface area (Å²) in [6, 6.07) is 21.7. The number of carbonyl (C=O) groups excluding carboxylic acids is 1. The fraction of sp³-hybridized carbons (Fsp3) is 0.0526. The monoisotopic (exact) mass is 366 g/mol. The second-order valence-corrected chi connectivity index (χ2v) is 6.08. The van der Waals surface area contributed by atoms with Crippen LogP contribution in [0.2, 0.25) is 0 Å². The molecule has 0 saturated carbocycles. The highest BCUT2D eigenvalue weighted by atomic mass is 79.9. The van der Waals surface area contributed by atoms with Crippen molar-refractivity contribution in [2.24, 2.45) is 5.10 Å². The molecule has 0 spiro atoms. The Kier molecular flexibility index (Phi) is 4.83. The lowest BCUT2D eigenvalue weighted by molar-refractivity contribution is -0.120. The van der Waals surface area contributed by atoms with Crippen molar-refractivity contribution in [3.05, 3.63) is 82.3 Å². The molecule has 0 aliphatic carbocycles. The summed E-state index contributed by atoms with van der Waals surface area (Å²) in [6.07, 6.45) is 1.94. The van der Waals surface area contributed by atoms with E-state index in [1.54, 1.807) is 6.21 Å². The maximum Gasteiger partial charge on any atom is 0.244 e. The van der Waals surface area contributed by atoms with Gasteiger partial charge in [0.1, 0.15) is 0 Å². The molecule has 0 aromatic heterocycles. The van der Waals surface area contributed by atoms with E-state index in [4.69, 9.17) is 0 Å². The van der Waals surface area contributed by atoms with Gasteiger partial charge in [0.2, 0.25) is 5.91 Å². The van der Waals surface area contributed by atoms with E-state index in [0.717, 1.165) is 26.4 Å². The molecule has 0 aliphatic heterocycles. The topological polar surface area (TPSA) is 41.5 Å². The summed E-state index contributed by atoms with van der Waals surface area (Å²) in [5, 5.41) is 6.24. The van der Waals surface area contributed by atoms with Gasteiger partial charge < -0.3 is 0 Å². The van der Waals surface area contributed by atoms with Gasteiger partial charge in [-0.2, -0.15) is 5.10 Å². The molecule has 3 aromatic carbocycles. The van der Waals surface area contributed by atoms with Gasteiger partial charge >= 0.3 is 0 Å². The van der Waals surface area contributed by atoms with Gasteiger partial charge in [0.05, 0.1) is 12.6 Å². The Hall–Kier alpha value is -2.46. The molecule has 1 N–H and O–H groups in total. The number of rotatable bonds is 4. The molecule has 4 heteroatoms. The smallest absolute Gasteiger partial charge is 0.244 e. The van der Waals surface area contributed by atoms with Gasteiger partial charge in [-0.15, -0.1) is 0 Å². The fourth-order valence-electron chi connectivity index (χ4n) is 2.39. The normalized spacial score (nSPS) is 11.0. The average molecular weight is 367 g/mol. The van der Waals surface area contributed by atoms with Crippen LogP contribution in [0.5, 0.6) is 0 Å². The Labute approximate surface area is 143 Å². The Bertz CT molecular complexity index is 851. The molecule has 23 heavy (non-hydrogen) atoms. The lowest BCUT2D eigenvalue weighted by atomic mass is 10.0. The summed E-state index contributed by atoms with van der Waals surface area (Å²) in [6.45, 7) is 0. The number of hydrogen-bond donors (Lipinski definition) is 1. The van der Waals surface area contributed by atoms with Crippen LogP contribution in [0.3, 0.4) is 0 Å². The van der Waals surface area contributed by atoms with Crippen LogP contribution in [0.1, 0.15) is 11.1 Å². The van der Waals surface area contributed by atoms with Gasteiger partial charge in [-0.1, -0.05) is 70.5 Å². The molecule has 3 nitrogen and oxygen atoms in total. The van der Waals surface area contributed by atoms with Crippen molar-refractivity contribution >= 4 is 38.8 Å². The number of benzene rings is 3. The van der Waals surface area contributed by atoms with Crippen molar-refractivity contribution in [3.8, 4) is 0 Å². The van der Waals surface area contributed by atoms with Crippen LogP contribution in [0.4, 0.5) is 0 Å². The van der Waals surface area contributed by atoms with Crippen molar-refractivity contribution in [1.82, 2.24) is 5.43 Å². The highest BCUT2D eigenvalue weighted by Crippen LogP contribution is 2.18. The van der Waals surface area contributed by atoms with Crippen molar-refractivity contribution in [1.29, 1.82) is 0 Å². The van der Waals surface area contributed by atoms with E-state index in [0.29, 0.717) is 6.42 Å². The first-order valence-electron chi connectivity index (χ1n) is 7.26. The molecular formula is C19H15BrN2O. The summed E-state index contributed by atoms with van der Waals surface area (Å²) in [4.78, 5) is 12.1. The highest BCUT2D eigenvalue weighted by Gasteiger charge is 2.05. The number of carbonyl (C=O) groups is 1. The predicted molar refractivity (Wildman–Crippen MR) is 97.5 cm³/mol. The third kappa shape index (κ3) is 4.05. The summed E-state index contributed by atoms with van der Waals surface area (Å²) >= 11 is 3.38. The van der Waals surface area contributed by atoms with Gasteiger partial charge in [0.15, 0.2) is 0 Å². The van der Waals surface area contributed by atoms with Crippen LogP contribution in [0.25, 0.3) is 10.8 Å². The maximum absolute atomic E-state index is 12.1. The lowest BCUT2D eigenvalue weighted by Gasteiger charge is -2.05. The van der Waals surface area contributed by atoms with Gasteiger partial charge in [-0.25, -0.2) is 5.43 Å². The molecule has 0 radical (unpaired) electrons. The van der Waals surface area contributed by atoms with Crippen LogP contribution in [0, 0.1) is 0 Å². The van der Waals surface area contributed by atoms with E-state index >= 15 is 0 Å². The van der Waals surface area contributed by atoms with Crippen molar-refractivity contribution in [2.45, 2.75) is 6.42 Å². The SMILES string of the molecule is O=C(Cc1cccc2ccccc12)N/N=C/c1ccc(Br)cc1. The number of halogens is 1. The minimum atomic E-state index is -0.130. The molecule has 0 atom stereocenters. The molecular weight excluding hydrogens is 352 g/mol. The van der Waals surface area contributed by atoms with Crippen molar-refractivity contribution in [3.63, 3.8) is 0 Å². The summed E-state index contributed by atoms with van der Waals surface area (Å²) < 4.78 is 1.01. The minimum Gasteiger partial charge on any atom is -0.273 e. The molecule has 0 fully saturated rings. The zero-order chi connectivity index (χ0) is 16.1. The highest BCUT2D eigenvalue weighted by molar-refractivity contribution is 9.10. The zero-order valence-corrected chi connectivity index (χ0v) is 14.0. The molecule has 3 aromatic rings. The molecule has 114 valence electrons. The third-order valence-electron chi connectivity index (χ3n) is 3.50. The predicted octanol–water partition coefficient (Wildman–Crippen LogP) is 4.30. The summed E-state index contributed by atoms with van der Waals surface area (Å²) in [5.74, 6) is -0.130. The van der Waals surface area contributed by atoms with Gasteiger partial charge in [0.25, 0.3) is 0 Å². The van der Waals surface area contributed by atoms with Crippen LogP contribution < -0.4 is 5.43 Å². The standard InChI is InChI=1S/C19H15BrN2O/c20-17-10-8-14(9-11-17)13-21-22-19(23)12-16-6-3-5-15-4-1-2-7-18(15)16/h1-11,13H,12H2,(H,22,23)/b21-13+. The van der Waals surface area contributed by atoms with Crippen LogP contribution in [-0.4, -0.2) is 12.1 Å². The van der Waals surface area contributed by atoms with Gasteiger partial charge in [-0.05, 0) is 34.0 Å². The largest absolute Gasteiger partial charge is 0.273 e. The molecule has 0 saturated heterocycles. The van der Waals surface area contributed by atoms with E-state index in [-0.39, 0.29) is 5.91 Å². The molecule has 0 aliphatic rings. The first-order valence-corrected chi connectivity index (χ1v) is 8.06. The van der Waals surface area contributed by atoms with Gasteiger partial charge in [0, 0.05) is 4.47 Å². The van der Waals surface area contributed by atoms with Crippen LogP contribution in [-0.2, 0) is 11.2 Å². The fourth-order valence-corrected chi connectivity index (χ4v) is 2.65. The Morgan fingerprint density at radius 2 is 1.74 bits per heavy atom. The molecule has 0 unspecified atom stereocenters. The summed E-state index contributed by atoms with van der Waals surface area (Å²) in [5.41, 5.74) is 4.51. The van der Waals surface area contributed by atoms with E-state index in [2.05, 4.69) is 26.5 Å². The number of hydrazone groups is 1. The second-order valence-electron chi connectivity index (χ2n) is 5.16. The first-order chi connectivity index (χ1) is 11.2.